The Balaban J connectivity index is 2.78. The molecule has 0 aromatic carbocycles. The molecule has 0 spiro atoms. The van der Waals surface area contributed by atoms with E-state index in [0.29, 0.717) is 0 Å². The van der Waals surface area contributed by atoms with Crippen LogP contribution in [-0.4, -0.2) is 65.6 Å². The summed E-state index contributed by atoms with van der Waals surface area (Å²) in [4.78, 5) is 10.9. The number of amides is 1. The molecule has 0 unspecified atom stereocenters. The molecule has 0 aromatic rings. The van der Waals surface area contributed by atoms with Crippen molar-refractivity contribution in [1.29, 1.82) is 0 Å². The minimum absolute atomic E-state index is 0.371. The summed E-state index contributed by atoms with van der Waals surface area (Å²) in [5, 5.41) is 30.7. The van der Waals surface area contributed by atoms with Crippen molar-refractivity contribution < 1.29 is 29.6 Å². The molecular weight excluding hydrogens is 218 g/mol. The van der Waals surface area contributed by atoms with Gasteiger partial charge in [-0.3, -0.25) is 4.79 Å². The first-order valence-corrected chi connectivity index (χ1v) is 4.93. The van der Waals surface area contributed by atoms with Crippen molar-refractivity contribution in [3.63, 3.8) is 0 Å². The molecule has 1 heterocycles. The SMILES string of the molecule is CO[C@@H]1[C@H](O)[C@H](CO)O[C@H](O)[C@H]1NC(C)=O. The van der Waals surface area contributed by atoms with Gasteiger partial charge in [0.1, 0.15) is 24.4 Å². The summed E-state index contributed by atoms with van der Waals surface area (Å²) in [7, 11) is 1.34. The van der Waals surface area contributed by atoms with Crippen LogP contribution < -0.4 is 5.32 Å². The van der Waals surface area contributed by atoms with Crippen molar-refractivity contribution in [1.82, 2.24) is 5.32 Å². The molecule has 1 aliphatic rings. The molecule has 1 fully saturated rings. The molecule has 94 valence electrons. The predicted octanol–water partition coefficient (Wildman–Crippen LogP) is -2.42. The van der Waals surface area contributed by atoms with Crippen LogP contribution in [0.15, 0.2) is 0 Å². The third-order valence-electron chi connectivity index (χ3n) is 2.51. The summed E-state index contributed by atoms with van der Waals surface area (Å²) >= 11 is 0. The van der Waals surface area contributed by atoms with Gasteiger partial charge >= 0.3 is 0 Å². The minimum Gasteiger partial charge on any atom is -0.394 e. The van der Waals surface area contributed by atoms with Crippen LogP contribution in [0.25, 0.3) is 0 Å². The second-order valence-corrected chi connectivity index (χ2v) is 3.66. The van der Waals surface area contributed by atoms with Gasteiger partial charge in [-0.15, -0.1) is 0 Å². The number of hydrogen-bond acceptors (Lipinski definition) is 6. The highest BCUT2D eigenvalue weighted by molar-refractivity contribution is 5.73. The molecule has 1 aliphatic heterocycles. The maximum Gasteiger partial charge on any atom is 0.217 e. The quantitative estimate of drug-likeness (QED) is 0.433. The zero-order valence-electron chi connectivity index (χ0n) is 9.16. The van der Waals surface area contributed by atoms with Gasteiger partial charge in [0.15, 0.2) is 6.29 Å². The Morgan fingerprint density at radius 2 is 2.12 bits per heavy atom. The van der Waals surface area contributed by atoms with Crippen molar-refractivity contribution >= 4 is 5.91 Å². The number of nitrogens with one attached hydrogen (secondary N) is 1. The van der Waals surface area contributed by atoms with Crippen LogP contribution in [0.3, 0.4) is 0 Å². The van der Waals surface area contributed by atoms with E-state index in [1.165, 1.54) is 14.0 Å². The average Bonchev–Trinajstić information content (AvgIpc) is 2.23. The third-order valence-corrected chi connectivity index (χ3v) is 2.51. The van der Waals surface area contributed by atoms with Gasteiger partial charge in [-0.05, 0) is 0 Å². The van der Waals surface area contributed by atoms with E-state index in [0.717, 1.165) is 0 Å². The lowest BCUT2D eigenvalue weighted by atomic mass is 9.97. The number of carbonyl (C=O) groups excluding carboxylic acids is 1. The molecule has 7 nitrogen and oxygen atoms in total. The third kappa shape index (κ3) is 2.69. The Hall–Kier alpha value is -0.730. The van der Waals surface area contributed by atoms with E-state index in [9.17, 15) is 15.0 Å². The first-order chi connectivity index (χ1) is 7.51. The molecule has 0 bridgehead atoms. The molecular formula is C9H17NO6. The summed E-state index contributed by atoms with van der Waals surface area (Å²) in [6.45, 7) is 0.842. The first kappa shape index (κ1) is 13.3. The normalized spacial score (nSPS) is 39.4. The lowest BCUT2D eigenvalue weighted by Crippen LogP contribution is -2.64. The lowest BCUT2D eigenvalue weighted by molar-refractivity contribution is -0.258. The zero-order valence-corrected chi connectivity index (χ0v) is 9.16. The van der Waals surface area contributed by atoms with Crippen molar-refractivity contribution in [2.24, 2.45) is 0 Å². The fourth-order valence-corrected chi connectivity index (χ4v) is 1.76. The summed E-state index contributed by atoms with van der Waals surface area (Å²) in [5.74, 6) is -0.371. The van der Waals surface area contributed by atoms with E-state index in [4.69, 9.17) is 14.6 Å². The van der Waals surface area contributed by atoms with E-state index >= 15 is 0 Å². The fraction of sp³-hybridized carbons (Fsp3) is 0.889. The van der Waals surface area contributed by atoms with Gasteiger partial charge in [0.2, 0.25) is 5.91 Å². The Bertz CT molecular complexity index is 248. The Kier molecular flexibility index (Phi) is 4.63. The molecule has 0 aliphatic carbocycles. The Morgan fingerprint density at radius 1 is 1.50 bits per heavy atom. The van der Waals surface area contributed by atoms with Gasteiger partial charge in [-0.1, -0.05) is 0 Å². The molecule has 7 heteroatoms. The monoisotopic (exact) mass is 235 g/mol. The van der Waals surface area contributed by atoms with Gasteiger partial charge in [-0.25, -0.2) is 0 Å². The minimum atomic E-state index is -1.32. The summed E-state index contributed by atoms with van der Waals surface area (Å²) in [5.41, 5.74) is 0. The molecule has 1 amide bonds. The molecule has 0 saturated carbocycles. The molecule has 4 N–H and O–H groups in total. The second kappa shape index (κ2) is 5.55. The molecule has 5 atom stereocenters. The van der Waals surface area contributed by atoms with Crippen LogP contribution in [0, 0.1) is 0 Å². The molecule has 1 rings (SSSR count). The number of aliphatic hydroxyl groups is 3. The molecule has 16 heavy (non-hydrogen) atoms. The molecule has 1 saturated heterocycles. The van der Waals surface area contributed by atoms with Gasteiger partial charge in [0.25, 0.3) is 0 Å². The van der Waals surface area contributed by atoms with Crippen LogP contribution in [0.5, 0.6) is 0 Å². The first-order valence-electron chi connectivity index (χ1n) is 4.93. The van der Waals surface area contributed by atoms with Gasteiger partial charge in [-0.2, -0.15) is 0 Å². The van der Waals surface area contributed by atoms with Crippen molar-refractivity contribution in [3.8, 4) is 0 Å². The molecule has 0 radical (unpaired) electrons. The topological polar surface area (TPSA) is 108 Å². The van der Waals surface area contributed by atoms with Gasteiger partial charge in [0, 0.05) is 14.0 Å². The smallest absolute Gasteiger partial charge is 0.217 e. The van der Waals surface area contributed by atoms with E-state index in [-0.39, 0.29) is 5.91 Å². The fourth-order valence-electron chi connectivity index (χ4n) is 1.76. The highest BCUT2D eigenvalue weighted by atomic mass is 16.6. The van der Waals surface area contributed by atoms with Gasteiger partial charge < -0.3 is 30.1 Å². The second-order valence-electron chi connectivity index (χ2n) is 3.66. The highest BCUT2D eigenvalue weighted by Crippen LogP contribution is 2.21. The number of rotatable bonds is 3. The summed E-state index contributed by atoms with van der Waals surface area (Å²) < 4.78 is 9.96. The highest BCUT2D eigenvalue weighted by Gasteiger charge is 2.45. The zero-order chi connectivity index (χ0) is 12.3. The van der Waals surface area contributed by atoms with Crippen LogP contribution in [-0.2, 0) is 14.3 Å². The predicted molar refractivity (Wildman–Crippen MR) is 52.4 cm³/mol. The van der Waals surface area contributed by atoms with E-state index in [1.807, 2.05) is 0 Å². The number of ether oxygens (including phenoxy) is 2. The Labute approximate surface area is 93.0 Å². The van der Waals surface area contributed by atoms with Crippen molar-refractivity contribution in [2.75, 3.05) is 13.7 Å². The van der Waals surface area contributed by atoms with Crippen LogP contribution >= 0.6 is 0 Å². The Morgan fingerprint density at radius 3 is 2.56 bits per heavy atom. The number of aliphatic hydroxyl groups excluding tert-OH is 3. The number of carbonyl (C=O) groups is 1. The largest absolute Gasteiger partial charge is 0.394 e. The average molecular weight is 235 g/mol. The van der Waals surface area contributed by atoms with Crippen molar-refractivity contribution in [2.45, 2.75) is 37.6 Å². The van der Waals surface area contributed by atoms with Gasteiger partial charge in [0.05, 0.1) is 6.61 Å². The van der Waals surface area contributed by atoms with E-state index in [2.05, 4.69) is 5.32 Å². The van der Waals surface area contributed by atoms with E-state index < -0.39 is 37.3 Å². The maximum atomic E-state index is 10.9. The van der Waals surface area contributed by atoms with Crippen LogP contribution in [0.4, 0.5) is 0 Å². The molecule has 0 aromatic heterocycles. The van der Waals surface area contributed by atoms with E-state index in [1.54, 1.807) is 0 Å². The lowest BCUT2D eigenvalue weighted by Gasteiger charge is -2.41. The summed E-state index contributed by atoms with van der Waals surface area (Å²) in [6.07, 6.45) is -4.19. The van der Waals surface area contributed by atoms with Crippen LogP contribution in [0.2, 0.25) is 0 Å². The maximum absolute atomic E-state index is 10.9. The summed E-state index contributed by atoms with van der Waals surface area (Å²) in [6, 6.07) is -0.861. The van der Waals surface area contributed by atoms with Crippen molar-refractivity contribution in [3.05, 3.63) is 0 Å². The number of methoxy groups -OCH3 is 1. The standard InChI is InChI=1S/C9H17NO6/c1-4(12)10-6-8(15-2)7(13)5(3-11)16-9(6)14/h5-9,11,13-14H,3H2,1-2H3,(H,10,12)/t5-,6-,7+,8-,9-/m0/s1. The van der Waals surface area contributed by atoms with Crippen LogP contribution in [0.1, 0.15) is 6.92 Å². The number of hydrogen-bond donors (Lipinski definition) is 4.